The fourth-order valence-corrected chi connectivity index (χ4v) is 3.48. The maximum Gasteiger partial charge on any atom is 0.125 e. The Labute approximate surface area is 102 Å². The maximum absolute atomic E-state index is 11.1. The molecule has 2 rings (SSSR count). The molecule has 0 amide bonds. The lowest BCUT2D eigenvalue weighted by Gasteiger charge is -2.17. The van der Waals surface area contributed by atoms with E-state index >= 15 is 0 Å². The van der Waals surface area contributed by atoms with E-state index in [4.69, 9.17) is 0 Å². The Morgan fingerprint density at radius 1 is 1.44 bits per heavy atom. The normalized spacial score (nSPS) is 16.9. The minimum atomic E-state index is -1.06. The highest BCUT2D eigenvalue weighted by molar-refractivity contribution is 8.39. The Balaban J connectivity index is 2.14. The molecule has 1 heterocycles. The van der Waals surface area contributed by atoms with E-state index in [-0.39, 0.29) is 0 Å². The predicted octanol–water partition coefficient (Wildman–Crippen LogP) is 1.31. The van der Waals surface area contributed by atoms with Crippen LogP contribution in [0.5, 0.6) is 0 Å². The molecule has 3 nitrogen and oxygen atoms in total. The van der Waals surface area contributed by atoms with Crippen LogP contribution in [0.25, 0.3) is 0 Å². The fourth-order valence-electron chi connectivity index (χ4n) is 1.37. The average molecular weight is 252 g/mol. The van der Waals surface area contributed by atoms with Crippen LogP contribution in [0.15, 0.2) is 35.3 Å². The zero-order valence-electron chi connectivity index (χ0n) is 8.46. The fraction of sp³-hybridized carbons (Fsp3) is 0.273. The van der Waals surface area contributed by atoms with Crippen LogP contribution in [0.4, 0.5) is 0 Å². The number of carboxylic acid groups (broad SMARTS) is 1. The third-order valence-electron chi connectivity index (χ3n) is 2.09. The Hall–Kier alpha value is -0.940. The number of nitrogens with zero attached hydrogens (tertiary/aromatic N) is 1. The van der Waals surface area contributed by atoms with Gasteiger partial charge in [-0.2, -0.15) is 0 Å². The topological polar surface area (TPSA) is 52.5 Å². The van der Waals surface area contributed by atoms with Crippen molar-refractivity contribution in [3.8, 4) is 0 Å². The van der Waals surface area contributed by atoms with Crippen molar-refractivity contribution >= 4 is 33.9 Å². The molecule has 1 aromatic rings. The largest absolute Gasteiger partial charge is 0.549 e. The molecule has 0 saturated carbocycles. The van der Waals surface area contributed by atoms with Gasteiger partial charge in [0.15, 0.2) is 0 Å². The van der Waals surface area contributed by atoms with Crippen LogP contribution in [0.2, 0.25) is 0 Å². The quantitative estimate of drug-likeness (QED) is 0.814. The first-order chi connectivity index (χ1) is 7.77. The second-order valence-electron chi connectivity index (χ2n) is 3.22. The van der Waals surface area contributed by atoms with E-state index in [1.807, 2.05) is 18.2 Å². The summed E-state index contributed by atoms with van der Waals surface area (Å²) in [6.45, 7) is 0.779. The van der Waals surface area contributed by atoms with Crippen molar-refractivity contribution in [1.29, 1.82) is 0 Å². The van der Waals surface area contributed by atoms with Gasteiger partial charge in [-0.05, 0) is 5.56 Å². The summed E-state index contributed by atoms with van der Waals surface area (Å²) in [5, 5.41) is 10.4. The van der Waals surface area contributed by atoms with Crippen LogP contribution in [0.1, 0.15) is 10.8 Å². The van der Waals surface area contributed by atoms with E-state index in [0.717, 1.165) is 22.2 Å². The Morgan fingerprint density at radius 3 is 2.75 bits per heavy atom. The van der Waals surface area contributed by atoms with Gasteiger partial charge in [0.1, 0.15) is 4.38 Å². The Kier molecular flexibility index (Phi) is 3.90. The number of carbonyl (C=O) groups excluding carboxylic acids is 1. The number of aliphatic imine (C=N–C) groups is 1. The molecule has 0 aromatic heterocycles. The van der Waals surface area contributed by atoms with Crippen molar-refractivity contribution in [2.24, 2.45) is 4.99 Å². The number of carboxylic acids is 1. The van der Waals surface area contributed by atoms with Gasteiger partial charge in [0.25, 0.3) is 0 Å². The average Bonchev–Trinajstić information content (AvgIpc) is 2.79. The molecule has 0 aliphatic carbocycles. The Bertz CT molecular complexity index is 406. The smallest absolute Gasteiger partial charge is 0.125 e. The summed E-state index contributed by atoms with van der Waals surface area (Å²) in [6.07, 6.45) is 0. The van der Waals surface area contributed by atoms with Gasteiger partial charge in [-0.3, -0.25) is 4.99 Å². The highest BCUT2D eigenvalue weighted by atomic mass is 32.2. The lowest BCUT2D eigenvalue weighted by Crippen LogP contribution is -2.28. The molecule has 1 atom stereocenters. The van der Waals surface area contributed by atoms with Crippen molar-refractivity contribution < 1.29 is 9.90 Å². The van der Waals surface area contributed by atoms with E-state index in [1.165, 1.54) is 11.8 Å². The highest BCUT2D eigenvalue weighted by Crippen LogP contribution is 2.34. The zero-order valence-corrected chi connectivity index (χ0v) is 10.1. The number of carbonyl (C=O) groups is 1. The van der Waals surface area contributed by atoms with Gasteiger partial charge in [0, 0.05) is 5.75 Å². The Morgan fingerprint density at radius 2 is 2.19 bits per heavy atom. The molecule has 84 valence electrons. The first kappa shape index (κ1) is 11.5. The van der Waals surface area contributed by atoms with Crippen LogP contribution in [-0.4, -0.2) is 22.6 Å². The second-order valence-corrected chi connectivity index (χ2v) is 5.66. The molecule has 0 saturated heterocycles. The first-order valence-corrected chi connectivity index (χ1v) is 6.73. The minimum absolute atomic E-state index is 0.662. The van der Waals surface area contributed by atoms with Crippen LogP contribution < -0.4 is 5.11 Å². The van der Waals surface area contributed by atoms with Gasteiger partial charge in [-0.1, -0.05) is 53.9 Å². The van der Waals surface area contributed by atoms with E-state index in [0.29, 0.717) is 0 Å². The molecular weight excluding hydrogens is 242 g/mol. The van der Waals surface area contributed by atoms with Gasteiger partial charge < -0.3 is 9.90 Å². The van der Waals surface area contributed by atoms with Gasteiger partial charge in [0.2, 0.25) is 0 Å². The van der Waals surface area contributed by atoms with E-state index in [2.05, 4.69) is 4.99 Å². The lowest BCUT2D eigenvalue weighted by molar-refractivity contribution is -0.305. The van der Waals surface area contributed by atoms with E-state index < -0.39 is 11.2 Å². The van der Waals surface area contributed by atoms with E-state index in [1.54, 1.807) is 23.9 Å². The van der Waals surface area contributed by atoms with Crippen LogP contribution in [0.3, 0.4) is 0 Å². The van der Waals surface area contributed by atoms with Gasteiger partial charge >= 0.3 is 0 Å². The molecule has 0 fully saturated rings. The number of rotatable bonds is 3. The third kappa shape index (κ3) is 2.80. The number of aliphatic carboxylic acids is 1. The van der Waals surface area contributed by atoms with Gasteiger partial charge in [-0.25, -0.2) is 0 Å². The zero-order chi connectivity index (χ0) is 11.4. The van der Waals surface area contributed by atoms with Crippen LogP contribution >= 0.6 is 23.5 Å². The summed E-state index contributed by atoms with van der Waals surface area (Å²) in [6, 6.07) is 9.12. The van der Waals surface area contributed by atoms with Crippen molar-refractivity contribution in [1.82, 2.24) is 0 Å². The van der Waals surface area contributed by atoms with Crippen LogP contribution in [0, 0.1) is 0 Å². The maximum atomic E-state index is 11.1. The summed E-state index contributed by atoms with van der Waals surface area (Å²) in [4.78, 5) is 15.3. The molecule has 0 spiro atoms. The first-order valence-electron chi connectivity index (χ1n) is 4.87. The lowest BCUT2D eigenvalue weighted by atomic mass is 10.1. The monoisotopic (exact) mass is 252 g/mol. The second kappa shape index (κ2) is 5.41. The highest BCUT2D eigenvalue weighted by Gasteiger charge is 2.18. The molecule has 5 heteroatoms. The molecular formula is C11H10NO2S2-. The van der Waals surface area contributed by atoms with Crippen molar-refractivity contribution in [3.05, 3.63) is 35.9 Å². The number of hydrogen-bond donors (Lipinski definition) is 0. The van der Waals surface area contributed by atoms with Crippen molar-refractivity contribution in [2.45, 2.75) is 5.25 Å². The number of benzene rings is 1. The predicted molar refractivity (Wildman–Crippen MR) is 66.5 cm³/mol. The third-order valence-corrected chi connectivity index (χ3v) is 4.53. The molecule has 1 aliphatic heterocycles. The number of thioether (sulfide) groups is 2. The molecule has 0 unspecified atom stereocenters. The minimum Gasteiger partial charge on any atom is -0.549 e. The molecule has 1 aliphatic rings. The van der Waals surface area contributed by atoms with Crippen molar-refractivity contribution in [3.63, 3.8) is 0 Å². The summed E-state index contributed by atoms with van der Waals surface area (Å²) in [5.74, 6) is -0.122. The van der Waals surface area contributed by atoms with Gasteiger partial charge in [0.05, 0.1) is 17.8 Å². The SMILES string of the molecule is O=C([O-])[C@H](SC1=NCCS1)c1ccccc1. The molecule has 1 aromatic carbocycles. The van der Waals surface area contributed by atoms with Crippen LogP contribution in [-0.2, 0) is 4.79 Å². The van der Waals surface area contributed by atoms with E-state index in [9.17, 15) is 9.90 Å². The number of hydrogen-bond acceptors (Lipinski definition) is 5. The summed E-state index contributed by atoms with van der Waals surface area (Å²) in [7, 11) is 0. The summed E-state index contributed by atoms with van der Waals surface area (Å²) < 4.78 is 0.845. The molecule has 0 radical (unpaired) electrons. The summed E-state index contributed by atoms with van der Waals surface area (Å²) >= 11 is 2.87. The molecule has 0 N–H and O–H groups in total. The standard InChI is InChI=1S/C11H11NO2S2/c13-10(14)9(8-4-2-1-3-5-8)16-11-12-6-7-15-11/h1-5,9H,6-7H2,(H,13,14)/p-1/t9-/m1/s1. The van der Waals surface area contributed by atoms with Gasteiger partial charge in [-0.15, -0.1) is 0 Å². The van der Waals surface area contributed by atoms with Crippen molar-refractivity contribution in [2.75, 3.05) is 12.3 Å². The molecule has 0 bridgehead atoms. The summed E-state index contributed by atoms with van der Waals surface area (Å²) in [5.41, 5.74) is 0.753. The molecule has 16 heavy (non-hydrogen) atoms.